The molecule has 1 atom stereocenters. The summed E-state index contributed by atoms with van der Waals surface area (Å²) in [6, 6.07) is 17.3. The first-order chi connectivity index (χ1) is 15.8. The molecule has 170 valence electrons. The molecule has 9 heteroatoms. The van der Waals surface area contributed by atoms with Gasteiger partial charge in [-0.3, -0.25) is 19.5 Å². The van der Waals surface area contributed by atoms with Gasteiger partial charge in [-0.15, -0.1) is 0 Å². The molecule has 0 spiro atoms. The van der Waals surface area contributed by atoms with Crippen molar-refractivity contribution in [2.24, 2.45) is 0 Å². The van der Waals surface area contributed by atoms with Crippen LogP contribution >= 0.6 is 0 Å². The zero-order valence-electron chi connectivity index (χ0n) is 18.2. The lowest BCUT2D eigenvalue weighted by Crippen LogP contribution is -2.30. The van der Waals surface area contributed by atoms with E-state index in [9.17, 15) is 18.0 Å². The summed E-state index contributed by atoms with van der Waals surface area (Å²) < 4.78 is 34.1. The number of hydrogen-bond donors (Lipinski definition) is 1. The fourth-order valence-corrected chi connectivity index (χ4v) is 5.03. The molecule has 0 saturated carbocycles. The highest BCUT2D eigenvalue weighted by molar-refractivity contribution is 7.89. The van der Waals surface area contributed by atoms with E-state index in [1.54, 1.807) is 18.2 Å². The van der Waals surface area contributed by atoms with Gasteiger partial charge in [-0.25, -0.2) is 13.1 Å². The lowest BCUT2D eigenvalue weighted by Gasteiger charge is -2.17. The number of carbonyl (C=O) groups excluding carboxylic acids is 2. The maximum Gasteiger partial charge on any atom is 0.280 e. The highest BCUT2D eigenvalue weighted by Gasteiger charge is 2.36. The summed E-state index contributed by atoms with van der Waals surface area (Å²) in [6.07, 6.45) is 1.45. The second-order valence-corrected chi connectivity index (χ2v) is 9.48. The van der Waals surface area contributed by atoms with Crippen molar-refractivity contribution in [2.75, 3.05) is 13.7 Å². The Morgan fingerprint density at radius 2 is 1.79 bits per heavy atom. The van der Waals surface area contributed by atoms with Crippen LogP contribution in [-0.2, 0) is 16.6 Å². The number of sulfonamides is 1. The maximum atomic E-state index is 13.1. The Morgan fingerprint density at radius 3 is 2.48 bits per heavy atom. The van der Waals surface area contributed by atoms with Crippen LogP contribution in [0.3, 0.4) is 0 Å². The predicted molar refractivity (Wildman–Crippen MR) is 121 cm³/mol. The number of carbonyl (C=O) groups is 2. The monoisotopic (exact) mass is 465 g/mol. The standard InChI is InChI=1S/C24H23N3O5S/c1-16(18-7-4-3-5-8-18)14-26-33(30,31)21-13-17(10-11-20(21)32-2)15-27-23(28)19-9-6-12-25-22(19)24(27)29/h3-13,16,26H,14-15H2,1-2H3/t16-/m1/s1. The quantitative estimate of drug-likeness (QED) is 0.513. The number of fused-ring (bicyclic) bond motifs is 1. The predicted octanol–water partition coefficient (Wildman–Crippen LogP) is 2.97. The Bertz CT molecular complexity index is 1270. The third kappa shape index (κ3) is 4.50. The van der Waals surface area contributed by atoms with Crippen LogP contribution in [-0.4, -0.2) is 43.8 Å². The molecule has 0 fully saturated rings. The van der Waals surface area contributed by atoms with Gasteiger partial charge in [-0.1, -0.05) is 43.3 Å². The number of pyridine rings is 1. The summed E-state index contributed by atoms with van der Waals surface area (Å²) in [5, 5.41) is 0. The fourth-order valence-electron chi connectivity index (χ4n) is 3.68. The van der Waals surface area contributed by atoms with Crippen molar-refractivity contribution in [1.29, 1.82) is 0 Å². The van der Waals surface area contributed by atoms with Gasteiger partial charge >= 0.3 is 0 Å². The van der Waals surface area contributed by atoms with E-state index in [-0.39, 0.29) is 40.9 Å². The molecule has 2 heterocycles. The van der Waals surface area contributed by atoms with E-state index in [0.717, 1.165) is 10.5 Å². The molecule has 0 saturated heterocycles. The van der Waals surface area contributed by atoms with Crippen molar-refractivity contribution in [3.05, 3.63) is 89.2 Å². The molecule has 4 rings (SSSR count). The van der Waals surface area contributed by atoms with E-state index in [0.29, 0.717) is 5.56 Å². The van der Waals surface area contributed by atoms with Crippen LogP contribution in [0.15, 0.2) is 71.8 Å². The number of nitrogens with one attached hydrogen (secondary N) is 1. The van der Waals surface area contributed by atoms with Gasteiger partial charge in [0.15, 0.2) is 0 Å². The second kappa shape index (κ2) is 9.13. The molecular formula is C24H23N3O5S. The van der Waals surface area contributed by atoms with Crippen LogP contribution in [0.2, 0.25) is 0 Å². The van der Waals surface area contributed by atoms with Crippen LogP contribution in [0.5, 0.6) is 5.75 Å². The molecule has 2 amide bonds. The first-order valence-corrected chi connectivity index (χ1v) is 11.8. The summed E-state index contributed by atoms with van der Waals surface area (Å²) in [4.78, 5) is 30.2. The molecular weight excluding hydrogens is 442 g/mol. The Balaban J connectivity index is 1.56. The smallest absolute Gasteiger partial charge is 0.280 e. The molecule has 33 heavy (non-hydrogen) atoms. The number of imide groups is 1. The lowest BCUT2D eigenvalue weighted by molar-refractivity contribution is 0.0640. The van der Waals surface area contributed by atoms with Crippen molar-refractivity contribution < 1.29 is 22.7 Å². The molecule has 0 aliphatic carbocycles. The van der Waals surface area contributed by atoms with Crippen molar-refractivity contribution in [3.8, 4) is 5.75 Å². The van der Waals surface area contributed by atoms with E-state index in [1.807, 2.05) is 37.3 Å². The highest BCUT2D eigenvalue weighted by atomic mass is 32.2. The van der Waals surface area contributed by atoms with Crippen LogP contribution in [0, 0.1) is 0 Å². The normalized spacial score (nSPS) is 14.3. The van der Waals surface area contributed by atoms with Crippen molar-refractivity contribution in [3.63, 3.8) is 0 Å². The van der Waals surface area contributed by atoms with Crippen LogP contribution in [0.25, 0.3) is 0 Å². The van der Waals surface area contributed by atoms with Crippen LogP contribution in [0.4, 0.5) is 0 Å². The van der Waals surface area contributed by atoms with Gasteiger partial charge in [-0.05, 0) is 41.3 Å². The number of hydrogen-bond acceptors (Lipinski definition) is 6. The minimum Gasteiger partial charge on any atom is -0.495 e. The van der Waals surface area contributed by atoms with Gasteiger partial charge in [0, 0.05) is 12.7 Å². The molecule has 3 aromatic rings. The molecule has 1 aliphatic heterocycles. The number of rotatable bonds is 8. The third-order valence-electron chi connectivity index (χ3n) is 5.54. The van der Waals surface area contributed by atoms with Crippen molar-refractivity contribution in [1.82, 2.24) is 14.6 Å². The number of methoxy groups -OCH3 is 1. The minimum atomic E-state index is -3.92. The van der Waals surface area contributed by atoms with Gasteiger partial charge in [0.2, 0.25) is 10.0 Å². The number of amides is 2. The molecule has 8 nitrogen and oxygen atoms in total. The summed E-state index contributed by atoms with van der Waals surface area (Å²) in [5.74, 6) is -0.840. The Kier molecular flexibility index (Phi) is 6.26. The average molecular weight is 466 g/mol. The van der Waals surface area contributed by atoms with Gasteiger partial charge in [0.25, 0.3) is 11.8 Å². The largest absolute Gasteiger partial charge is 0.495 e. The van der Waals surface area contributed by atoms with E-state index in [2.05, 4.69) is 9.71 Å². The molecule has 2 aromatic carbocycles. The molecule has 0 unspecified atom stereocenters. The summed E-state index contributed by atoms with van der Waals surface area (Å²) in [7, 11) is -2.53. The number of benzene rings is 2. The lowest BCUT2D eigenvalue weighted by atomic mass is 10.0. The fraction of sp³-hybridized carbons (Fsp3) is 0.208. The topological polar surface area (TPSA) is 106 Å². The Morgan fingerprint density at radius 1 is 1.03 bits per heavy atom. The number of aromatic nitrogens is 1. The van der Waals surface area contributed by atoms with Gasteiger partial charge in [-0.2, -0.15) is 0 Å². The zero-order valence-corrected chi connectivity index (χ0v) is 19.0. The molecule has 1 N–H and O–H groups in total. The minimum absolute atomic E-state index is 0.0407. The van der Waals surface area contributed by atoms with E-state index >= 15 is 0 Å². The average Bonchev–Trinajstić information content (AvgIpc) is 3.08. The van der Waals surface area contributed by atoms with E-state index in [1.165, 1.54) is 25.4 Å². The Hall–Kier alpha value is -3.56. The van der Waals surface area contributed by atoms with Gasteiger partial charge in [0.1, 0.15) is 16.3 Å². The second-order valence-electron chi connectivity index (χ2n) is 7.74. The van der Waals surface area contributed by atoms with E-state index in [4.69, 9.17) is 4.74 Å². The van der Waals surface area contributed by atoms with Gasteiger partial charge in [0.05, 0.1) is 19.2 Å². The molecule has 1 aromatic heterocycles. The maximum absolute atomic E-state index is 13.1. The van der Waals surface area contributed by atoms with Crippen molar-refractivity contribution in [2.45, 2.75) is 24.3 Å². The third-order valence-corrected chi connectivity index (χ3v) is 6.98. The number of nitrogens with zero attached hydrogens (tertiary/aromatic N) is 2. The summed E-state index contributed by atoms with van der Waals surface area (Å²) in [5.41, 5.74) is 1.82. The van der Waals surface area contributed by atoms with Crippen LogP contribution in [0.1, 0.15) is 44.8 Å². The van der Waals surface area contributed by atoms with Crippen LogP contribution < -0.4 is 9.46 Å². The highest BCUT2D eigenvalue weighted by Crippen LogP contribution is 2.28. The van der Waals surface area contributed by atoms with Crippen molar-refractivity contribution >= 4 is 21.8 Å². The number of ether oxygens (including phenoxy) is 1. The van der Waals surface area contributed by atoms with E-state index < -0.39 is 21.8 Å². The zero-order chi connectivity index (χ0) is 23.6. The molecule has 0 radical (unpaired) electrons. The summed E-state index contributed by atoms with van der Waals surface area (Å²) in [6.45, 7) is 2.05. The first kappa shape index (κ1) is 22.6. The Labute approximate surface area is 192 Å². The SMILES string of the molecule is COc1ccc(CN2C(=O)c3cccnc3C2=O)cc1S(=O)(=O)NC[C@@H](C)c1ccccc1. The summed E-state index contributed by atoms with van der Waals surface area (Å²) >= 11 is 0. The first-order valence-electron chi connectivity index (χ1n) is 10.3. The molecule has 0 bridgehead atoms. The molecule has 1 aliphatic rings. The van der Waals surface area contributed by atoms with Gasteiger partial charge < -0.3 is 4.74 Å².